The summed E-state index contributed by atoms with van der Waals surface area (Å²) in [5, 5.41) is 0. The minimum atomic E-state index is 0.161. The quantitative estimate of drug-likeness (QED) is 0.925. The van der Waals surface area contributed by atoms with Gasteiger partial charge in [-0.2, -0.15) is 0 Å². The maximum atomic E-state index is 6.07. The second-order valence-electron chi connectivity index (χ2n) is 4.90. The van der Waals surface area contributed by atoms with Crippen molar-refractivity contribution in [1.82, 2.24) is 0 Å². The van der Waals surface area contributed by atoms with Crippen molar-refractivity contribution in [2.75, 3.05) is 13.7 Å². The summed E-state index contributed by atoms with van der Waals surface area (Å²) in [6.07, 6.45) is 4.96. The summed E-state index contributed by atoms with van der Waals surface area (Å²) < 4.78 is 6.49. The molecule has 0 amide bonds. The maximum Gasteiger partial charge on any atom is 0.0716 e. The van der Waals surface area contributed by atoms with Crippen LogP contribution >= 0.6 is 15.9 Å². The third-order valence-corrected chi connectivity index (χ3v) is 4.54. The molecular weight excluding hydrogens is 278 g/mol. The second kappa shape index (κ2) is 5.51. The van der Waals surface area contributed by atoms with Crippen molar-refractivity contribution in [1.29, 1.82) is 0 Å². The number of methoxy groups -OCH3 is 1. The fraction of sp³-hybridized carbons (Fsp3) is 0.571. The molecule has 1 aromatic rings. The van der Waals surface area contributed by atoms with Gasteiger partial charge in [-0.15, -0.1) is 0 Å². The Morgan fingerprint density at radius 2 is 2.06 bits per heavy atom. The largest absolute Gasteiger partial charge is 0.380 e. The molecule has 0 unspecified atom stereocenters. The lowest BCUT2D eigenvalue weighted by atomic mass is 9.77. The number of benzene rings is 1. The van der Waals surface area contributed by atoms with Crippen LogP contribution in [0.3, 0.4) is 0 Å². The minimum Gasteiger partial charge on any atom is -0.380 e. The Morgan fingerprint density at radius 3 is 2.65 bits per heavy atom. The Labute approximate surface area is 112 Å². The second-order valence-corrected chi connectivity index (χ2v) is 5.75. The number of halogens is 1. The highest BCUT2D eigenvalue weighted by Crippen LogP contribution is 2.44. The predicted molar refractivity (Wildman–Crippen MR) is 74.1 cm³/mol. The van der Waals surface area contributed by atoms with Crippen molar-refractivity contribution < 1.29 is 4.74 Å². The average Bonchev–Trinajstić information content (AvgIpc) is 2.79. The topological polar surface area (TPSA) is 35.2 Å². The summed E-state index contributed by atoms with van der Waals surface area (Å²) in [6.45, 7) is 1.39. The van der Waals surface area contributed by atoms with E-state index < -0.39 is 0 Å². The molecule has 1 saturated carbocycles. The van der Waals surface area contributed by atoms with E-state index in [0.717, 1.165) is 6.54 Å². The molecule has 1 aliphatic rings. The summed E-state index contributed by atoms with van der Waals surface area (Å²) in [5.41, 5.74) is 8.88. The molecule has 2 N–H and O–H groups in total. The Balaban J connectivity index is 2.48. The van der Waals surface area contributed by atoms with Gasteiger partial charge in [0.15, 0.2) is 0 Å². The monoisotopic (exact) mass is 297 g/mol. The van der Waals surface area contributed by atoms with Crippen molar-refractivity contribution in [3.8, 4) is 0 Å². The molecule has 0 saturated heterocycles. The molecule has 94 valence electrons. The van der Waals surface area contributed by atoms with Crippen LogP contribution < -0.4 is 5.73 Å². The number of hydrogen-bond donors (Lipinski definition) is 1. The van der Waals surface area contributed by atoms with Crippen LogP contribution in [-0.4, -0.2) is 13.7 Å². The smallest absolute Gasteiger partial charge is 0.0716 e. The lowest BCUT2D eigenvalue weighted by Crippen LogP contribution is -2.33. The van der Waals surface area contributed by atoms with E-state index in [-0.39, 0.29) is 5.41 Å². The predicted octanol–water partition coefficient (Wildman–Crippen LogP) is 3.37. The molecular formula is C14H20BrNO. The van der Waals surface area contributed by atoms with Crippen LogP contribution in [0.1, 0.15) is 36.8 Å². The van der Waals surface area contributed by atoms with Gasteiger partial charge in [-0.05, 0) is 30.0 Å². The third kappa shape index (κ3) is 2.42. The van der Waals surface area contributed by atoms with Gasteiger partial charge in [0, 0.05) is 23.5 Å². The van der Waals surface area contributed by atoms with Crippen molar-refractivity contribution >= 4 is 15.9 Å². The number of nitrogens with two attached hydrogens (primary N) is 1. The molecule has 1 aliphatic carbocycles. The SMILES string of the molecule is COCc1cccc(Br)c1C1(CN)CCCC1. The first-order chi connectivity index (χ1) is 8.23. The van der Waals surface area contributed by atoms with Gasteiger partial charge in [0.2, 0.25) is 0 Å². The van der Waals surface area contributed by atoms with Crippen molar-refractivity contribution in [2.24, 2.45) is 5.73 Å². The summed E-state index contributed by atoms with van der Waals surface area (Å²) in [4.78, 5) is 0. The van der Waals surface area contributed by atoms with Crippen LogP contribution in [0, 0.1) is 0 Å². The van der Waals surface area contributed by atoms with Gasteiger partial charge >= 0.3 is 0 Å². The molecule has 1 fully saturated rings. The van der Waals surface area contributed by atoms with Gasteiger partial charge in [0.1, 0.15) is 0 Å². The molecule has 2 nitrogen and oxygen atoms in total. The van der Waals surface area contributed by atoms with Gasteiger partial charge in [0.05, 0.1) is 6.61 Å². The van der Waals surface area contributed by atoms with Crippen LogP contribution in [0.4, 0.5) is 0 Å². The lowest BCUT2D eigenvalue weighted by molar-refractivity contribution is 0.182. The van der Waals surface area contributed by atoms with E-state index in [9.17, 15) is 0 Å². The fourth-order valence-corrected chi connectivity index (χ4v) is 3.87. The molecule has 0 aromatic heterocycles. The van der Waals surface area contributed by atoms with Gasteiger partial charge < -0.3 is 10.5 Å². The maximum absolute atomic E-state index is 6.07. The molecule has 3 heteroatoms. The van der Waals surface area contributed by atoms with Crippen LogP contribution in [0.2, 0.25) is 0 Å². The normalized spacial score (nSPS) is 18.5. The van der Waals surface area contributed by atoms with E-state index in [1.807, 2.05) is 0 Å². The number of ether oxygens (including phenoxy) is 1. The minimum absolute atomic E-state index is 0.161. The highest BCUT2D eigenvalue weighted by Gasteiger charge is 2.37. The summed E-state index contributed by atoms with van der Waals surface area (Å²) in [5.74, 6) is 0. The molecule has 0 radical (unpaired) electrons. The molecule has 0 atom stereocenters. The van der Waals surface area contributed by atoms with Crippen LogP contribution in [-0.2, 0) is 16.8 Å². The van der Waals surface area contributed by atoms with E-state index >= 15 is 0 Å². The Kier molecular flexibility index (Phi) is 4.23. The van der Waals surface area contributed by atoms with E-state index in [0.29, 0.717) is 6.61 Å². The summed E-state index contributed by atoms with van der Waals surface area (Å²) in [7, 11) is 1.74. The third-order valence-electron chi connectivity index (χ3n) is 3.88. The Morgan fingerprint density at radius 1 is 1.35 bits per heavy atom. The molecule has 17 heavy (non-hydrogen) atoms. The molecule has 0 spiro atoms. The molecule has 0 aliphatic heterocycles. The molecule has 2 rings (SSSR count). The molecule has 0 bridgehead atoms. The first-order valence-corrected chi connectivity index (χ1v) is 7.00. The lowest BCUT2D eigenvalue weighted by Gasteiger charge is -2.31. The first kappa shape index (κ1) is 13.1. The van der Waals surface area contributed by atoms with E-state index in [1.54, 1.807) is 7.11 Å². The summed E-state index contributed by atoms with van der Waals surface area (Å²) >= 11 is 3.69. The van der Waals surface area contributed by atoms with Gasteiger partial charge in [-0.3, -0.25) is 0 Å². The van der Waals surface area contributed by atoms with Gasteiger partial charge in [0.25, 0.3) is 0 Å². The molecule has 1 aromatic carbocycles. The zero-order valence-electron chi connectivity index (χ0n) is 10.3. The standard InChI is InChI=1S/C14H20BrNO/c1-17-9-11-5-4-6-12(15)13(11)14(10-16)7-2-3-8-14/h4-6H,2-3,7-10,16H2,1H3. The van der Waals surface area contributed by atoms with Crippen molar-refractivity contribution in [3.05, 3.63) is 33.8 Å². The fourth-order valence-electron chi connectivity index (χ4n) is 3.05. The van der Waals surface area contributed by atoms with E-state index in [2.05, 4.69) is 34.1 Å². The first-order valence-electron chi connectivity index (χ1n) is 6.20. The Bertz CT molecular complexity index is 386. The molecule has 0 heterocycles. The summed E-state index contributed by atoms with van der Waals surface area (Å²) in [6, 6.07) is 6.34. The zero-order valence-corrected chi connectivity index (χ0v) is 11.9. The van der Waals surface area contributed by atoms with Gasteiger partial charge in [-0.25, -0.2) is 0 Å². The van der Waals surface area contributed by atoms with E-state index in [1.165, 1.54) is 41.3 Å². The Hall–Kier alpha value is -0.380. The average molecular weight is 298 g/mol. The van der Waals surface area contributed by atoms with Crippen LogP contribution in [0.15, 0.2) is 22.7 Å². The van der Waals surface area contributed by atoms with Crippen LogP contribution in [0.5, 0.6) is 0 Å². The zero-order chi connectivity index (χ0) is 12.3. The highest BCUT2D eigenvalue weighted by molar-refractivity contribution is 9.10. The van der Waals surface area contributed by atoms with Crippen molar-refractivity contribution in [2.45, 2.75) is 37.7 Å². The van der Waals surface area contributed by atoms with Crippen molar-refractivity contribution in [3.63, 3.8) is 0 Å². The number of hydrogen-bond acceptors (Lipinski definition) is 2. The van der Waals surface area contributed by atoms with Gasteiger partial charge in [-0.1, -0.05) is 40.9 Å². The van der Waals surface area contributed by atoms with Crippen LogP contribution in [0.25, 0.3) is 0 Å². The highest BCUT2D eigenvalue weighted by atomic mass is 79.9. The van der Waals surface area contributed by atoms with E-state index in [4.69, 9.17) is 10.5 Å². The number of rotatable bonds is 4.